The fourth-order valence-corrected chi connectivity index (χ4v) is 1.56. The normalized spacial score (nSPS) is 24.0. The highest BCUT2D eigenvalue weighted by Crippen LogP contribution is 2.06. The molecule has 1 fully saturated rings. The monoisotopic (exact) mass is 233 g/mol. The first-order valence-electron chi connectivity index (χ1n) is 5.67. The Labute approximate surface area is 96.4 Å². The van der Waals surface area contributed by atoms with Crippen molar-refractivity contribution in [2.75, 3.05) is 26.2 Å². The number of nitrogens with zero attached hydrogens (tertiary/aromatic N) is 1. The van der Waals surface area contributed by atoms with Gasteiger partial charge >= 0.3 is 0 Å². The van der Waals surface area contributed by atoms with Gasteiger partial charge in [-0.05, 0) is 20.8 Å². The molecule has 6 heteroatoms. The highest BCUT2D eigenvalue weighted by molar-refractivity contribution is 4.60. The summed E-state index contributed by atoms with van der Waals surface area (Å²) in [6, 6.07) is 0. The second-order valence-electron chi connectivity index (χ2n) is 3.76. The molecular formula is C10H21N2O4. The predicted octanol–water partition coefficient (Wildman–Crippen LogP) is 0.325. The average Bonchev–Trinajstić information content (AvgIpc) is 2.17. The molecule has 3 unspecified atom stereocenters. The molecule has 0 saturated carbocycles. The summed E-state index contributed by atoms with van der Waals surface area (Å²) >= 11 is 0. The van der Waals surface area contributed by atoms with Crippen molar-refractivity contribution in [1.29, 1.82) is 0 Å². The molecule has 0 spiro atoms. The second kappa shape index (κ2) is 7.16. The molecule has 16 heavy (non-hydrogen) atoms. The van der Waals surface area contributed by atoms with Gasteiger partial charge in [0.15, 0.2) is 18.9 Å². The lowest BCUT2D eigenvalue weighted by atomic mass is 10.4. The van der Waals surface area contributed by atoms with E-state index in [0.717, 1.165) is 26.2 Å². The topological polar surface area (TPSA) is 62.9 Å². The largest absolute Gasteiger partial charge is 0.323 e. The zero-order valence-electron chi connectivity index (χ0n) is 10.1. The summed E-state index contributed by atoms with van der Waals surface area (Å²) in [6.45, 7) is 8.40. The molecular weight excluding hydrogens is 212 g/mol. The van der Waals surface area contributed by atoms with Crippen LogP contribution in [0, 0.1) is 0 Å². The van der Waals surface area contributed by atoms with Gasteiger partial charge in [0.25, 0.3) is 0 Å². The third-order valence-corrected chi connectivity index (χ3v) is 2.14. The highest BCUT2D eigenvalue weighted by Gasteiger charge is 2.17. The zero-order chi connectivity index (χ0) is 12.0. The molecule has 0 aromatic rings. The molecule has 1 saturated heterocycles. The van der Waals surface area contributed by atoms with Gasteiger partial charge in [0.2, 0.25) is 0 Å². The molecule has 0 amide bonds. The van der Waals surface area contributed by atoms with E-state index in [0.29, 0.717) is 0 Å². The fraction of sp³-hybridized carbons (Fsp3) is 1.00. The molecule has 1 aliphatic heterocycles. The molecule has 1 aliphatic rings. The van der Waals surface area contributed by atoms with Crippen molar-refractivity contribution in [2.24, 2.45) is 0 Å². The third kappa shape index (κ3) is 5.74. The molecule has 6 nitrogen and oxygen atoms in total. The number of hydrogen-bond acceptors (Lipinski definition) is 5. The molecule has 3 atom stereocenters. The van der Waals surface area contributed by atoms with Gasteiger partial charge in [0.1, 0.15) is 0 Å². The average molecular weight is 233 g/mol. The summed E-state index contributed by atoms with van der Waals surface area (Å²) in [5.41, 5.74) is 0. The van der Waals surface area contributed by atoms with Crippen LogP contribution in [0.3, 0.4) is 0 Å². The van der Waals surface area contributed by atoms with Gasteiger partial charge in [0, 0.05) is 26.2 Å². The predicted molar refractivity (Wildman–Crippen MR) is 56.8 cm³/mol. The van der Waals surface area contributed by atoms with E-state index in [1.54, 1.807) is 13.8 Å². The van der Waals surface area contributed by atoms with Gasteiger partial charge < -0.3 is 14.8 Å². The highest BCUT2D eigenvalue weighted by atomic mass is 16.8. The Balaban J connectivity index is 2.15. The van der Waals surface area contributed by atoms with Crippen LogP contribution in [-0.4, -0.2) is 50.1 Å². The lowest BCUT2D eigenvalue weighted by Gasteiger charge is -2.30. The third-order valence-electron chi connectivity index (χ3n) is 2.14. The van der Waals surface area contributed by atoms with E-state index in [1.165, 1.54) is 6.92 Å². The summed E-state index contributed by atoms with van der Waals surface area (Å²) in [5.74, 6) is 0. The lowest BCUT2D eigenvalue weighted by molar-refractivity contribution is -0.332. The molecule has 1 heterocycles. The van der Waals surface area contributed by atoms with Crippen molar-refractivity contribution < 1.29 is 19.4 Å². The van der Waals surface area contributed by atoms with Crippen LogP contribution in [0.1, 0.15) is 20.8 Å². The molecule has 1 radical (unpaired) electrons. The quantitative estimate of drug-likeness (QED) is 0.670. The van der Waals surface area contributed by atoms with Crippen LogP contribution in [0.4, 0.5) is 0 Å². The number of hydroxylamine groups is 2. The van der Waals surface area contributed by atoms with Crippen LogP contribution in [0.2, 0.25) is 0 Å². The second-order valence-corrected chi connectivity index (χ2v) is 3.76. The number of rotatable bonds is 6. The maximum atomic E-state index is 10.7. The number of ether oxygens (including phenoxy) is 2. The van der Waals surface area contributed by atoms with Crippen LogP contribution >= 0.6 is 0 Å². The Morgan fingerprint density at radius 2 is 1.69 bits per heavy atom. The van der Waals surface area contributed by atoms with E-state index in [2.05, 4.69) is 5.32 Å². The van der Waals surface area contributed by atoms with Crippen LogP contribution < -0.4 is 5.32 Å². The summed E-state index contributed by atoms with van der Waals surface area (Å²) < 4.78 is 10.3. The number of hydrogen-bond donors (Lipinski definition) is 1. The van der Waals surface area contributed by atoms with Crippen molar-refractivity contribution in [3.63, 3.8) is 0 Å². The first kappa shape index (κ1) is 13.8. The summed E-state index contributed by atoms with van der Waals surface area (Å²) in [7, 11) is 0. The minimum absolute atomic E-state index is 0.410. The van der Waals surface area contributed by atoms with E-state index < -0.39 is 18.9 Å². The van der Waals surface area contributed by atoms with Crippen molar-refractivity contribution in [3.8, 4) is 0 Å². The maximum absolute atomic E-state index is 10.7. The minimum Gasteiger partial charge on any atom is -0.323 e. The van der Waals surface area contributed by atoms with E-state index in [4.69, 9.17) is 14.3 Å². The standard InChI is InChI=1S/C10H21N2O4/c1-8(13)14-9(2)15-10(3)16-12-6-4-11-5-7-12/h8-11H,4-7H2,1-3H3. The van der Waals surface area contributed by atoms with E-state index in [9.17, 15) is 5.11 Å². The Morgan fingerprint density at radius 1 is 1.06 bits per heavy atom. The molecule has 0 aromatic heterocycles. The van der Waals surface area contributed by atoms with Gasteiger partial charge in [0.05, 0.1) is 0 Å². The summed E-state index contributed by atoms with van der Waals surface area (Å²) in [4.78, 5) is 5.53. The van der Waals surface area contributed by atoms with Crippen LogP contribution in [0.25, 0.3) is 0 Å². The summed E-state index contributed by atoms with van der Waals surface area (Å²) in [6.07, 6.45) is -2.04. The van der Waals surface area contributed by atoms with Gasteiger partial charge in [-0.3, -0.25) is 4.84 Å². The van der Waals surface area contributed by atoms with E-state index >= 15 is 0 Å². The van der Waals surface area contributed by atoms with Crippen molar-refractivity contribution in [2.45, 2.75) is 39.6 Å². The van der Waals surface area contributed by atoms with Crippen LogP contribution in [0.15, 0.2) is 0 Å². The Morgan fingerprint density at radius 3 is 2.25 bits per heavy atom. The zero-order valence-corrected chi connectivity index (χ0v) is 10.1. The Kier molecular flexibility index (Phi) is 6.18. The van der Waals surface area contributed by atoms with E-state index in [1.807, 2.05) is 5.06 Å². The number of nitrogens with one attached hydrogen (secondary N) is 1. The van der Waals surface area contributed by atoms with Gasteiger partial charge in [-0.2, -0.15) is 5.06 Å². The van der Waals surface area contributed by atoms with Crippen molar-refractivity contribution >= 4 is 0 Å². The molecule has 1 N–H and O–H groups in total. The van der Waals surface area contributed by atoms with Crippen LogP contribution in [0.5, 0.6) is 0 Å². The first-order valence-corrected chi connectivity index (χ1v) is 5.67. The maximum Gasteiger partial charge on any atom is 0.191 e. The Hall–Kier alpha value is -0.240. The lowest BCUT2D eigenvalue weighted by Crippen LogP contribution is -2.45. The van der Waals surface area contributed by atoms with Crippen molar-refractivity contribution in [3.05, 3.63) is 0 Å². The first-order chi connectivity index (χ1) is 7.58. The number of piperazine rings is 1. The summed E-state index contributed by atoms with van der Waals surface area (Å²) in [5, 5.41) is 15.8. The van der Waals surface area contributed by atoms with Crippen LogP contribution in [-0.2, 0) is 19.4 Å². The molecule has 0 bridgehead atoms. The fourth-order valence-electron chi connectivity index (χ4n) is 1.56. The minimum atomic E-state index is -1.08. The molecule has 95 valence electrons. The van der Waals surface area contributed by atoms with Gasteiger partial charge in [-0.25, -0.2) is 5.11 Å². The van der Waals surface area contributed by atoms with E-state index in [-0.39, 0.29) is 0 Å². The van der Waals surface area contributed by atoms with Gasteiger partial charge in [-0.1, -0.05) is 0 Å². The van der Waals surface area contributed by atoms with Gasteiger partial charge in [-0.15, -0.1) is 0 Å². The van der Waals surface area contributed by atoms with Crippen molar-refractivity contribution in [1.82, 2.24) is 10.4 Å². The molecule has 0 aromatic carbocycles. The SMILES string of the molecule is CC([O])OC(C)OC(C)ON1CCNCC1. The molecule has 0 aliphatic carbocycles. The molecule has 1 rings (SSSR count). The Bertz CT molecular complexity index is 186. The smallest absolute Gasteiger partial charge is 0.191 e.